The van der Waals surface area contributed by atoms with Gasteiger partial charge in [-0.3, -0.25) is 9.59 Å². The van der Waals surface area contributed by atoms with Crippen LogP contribution in [0.5, 0.6) is 0 Å². The summed E-state index contributed by atoms with van der Waals surface area (Å²) in [7, 11) is 0. The van der Waals surface area contributed by atoms with Crippen molar-refractivity contribution in [2.75, 3.05) is 13.2 Å². The predicted octanol–water partition coefficient (Wildman–Crippen LogP) is 17.5. The molecule has 2 unspecified atom stereocenters. The van der Waals surface area contributed by atoms with E-state index in [1.807, 2.05) is 0 Å². The van der Waals surface area contributed by atoms with Crippen molar-refractivity contribution < 1.29 is 24.5 Å². The van der Waals surface area contributed by atoms with Gasteiger partial charge < -0.3 is 20.3 Å². The number of carbonyl (C=O) groups is 2. The molecule has 0 aromatic rings. The van der Waals surface area contributed by atoms with Gasteiger partial charge in [-0.1, -0.05) is 250 Å². The van der Waals surface area contributed by atoms with Crippen molar-refractivity contribution >= 4 is 11.9 Å². The Kier molecular flexibility index (Phi) is 52.6. The van der Waals surface area contributed by atoms with Gasteiger partial charge in [-0.25, -0.2) is 0 Å². The third-order valence-corrected chi connectivity index (χ3v) is 13.2. The maximum Gasteiger partial charge on any atom is 0.305 e. The molecule has 1 amide bonds. The number of hydrogen-bond donors (Lipinski definition) is 3. The van der Waals surface area contributed by atoms with E-state index in [2.05, 4.69) is 43.5 Å². The first-order valence-electron chi connectivity index (χ1n) is 28.6. The number of amides is 1. The first kappa shape index (κ1) is 62.3. The molecule has 0 heterocycles. The van der Waals surface area contributed by atoms with Crippen molar-refractivity contribution in [1.82, 2.24) is 5.32 Å². The molecule has 64 heavy (non-hydrogen) atoms. The number of esters is 1. The zero-order valence-electron chi connectivity index (χ0n) is 43.0. The number of aliphatic hydroxyl groups is 2. The third-order valence-electron chi connectivity index (χ3n) is 13.2. The molecular formula is C58H111NO5. The summed E-state index contributed by atoms with van der Waals surface area (Å²) in [4.78, 5) is 24.5. The second-order valence-electron chi connectivity index (χ2n) is 19.6. The summed E-state index contributed by atoms with van der Waals surface area (Å²) in [6.45, 7) is 4.90. The van der Waals surface area contributed by atoms with E-state index >= 15 is 0 Å². The van der Waals surface area contributed by atoms with Gasteiger partial charge in [-0.05, 0) is 70.6 Å². The smallest absolute Gasteiger partial charge is 0.305 e. The minimum absolute atomic E-state index is 0.0126. The molecule has 0 aliphatic carbocycles. The summed E-state index contributed by atoms with van der Waals surface area (Å²) < 4.78 is 5.44. The topological polar surface area (TPSA) is 95.9 Å². The molecule has 0 rings (SSSR count). The molecule has 378 valence electrons. The molecule has 0 aromatic heterocycles. The van der Waals surface area contributed by atoms with E-state index < -0.39 is 12.1 Å². The Balaban J connectivity index is 3.47. The highest BCUT2D eigenvalue weighted by atomic mass is 16.5. The summed E-state index contributed by atoms with van der Waals surface area (Å²) in [5, 5.41) is 23.3. The van der Waals surface area contributed by atoms with Crippen LogP contribution in [-0.2, 0) is 14.3 Å². The Morgan fingerprint density at radius 2 is 0.750 bits per heavy atom. The van der Waals surface area contributed by atoms with Gasteiger partial charge in [0.25, 0.3) is 0 Å². The average Bonchev–Trinajstić information content (AvgIpc) is 3.29. The van der Waals surface area contributed by atoms with Crippen molar-refractivity contribution in [3.63, 3.8) is 0 Å². The normalized spacial score (nSPS) is 12.8. The highest BCUT2D eigenvalue weighted by Crippen LogP contribution is 2.17. The minimum atomic E-state index is -0.672. The number of unbranched alkanes of at least 4 members (excludes halogenated alkanes) is 38. The van der Waals surface area contributed by atoms with E-state index in [-0.39, 0.29) is 18.5 Å². The fraction of sp³-hybridized carbons (Fsp3) is 0.897. The number of nitrogens with one attached hydrogen (secondary N) is 1. The zero-order chi connectivity index (χ0) is 46.5. The van der Waals surface area contributed by atoms with Gasteiger partial charge in [0.2, 0.25) is 5.91 Å². The molecule has 0 bridgehead atoms. The van der Waals surface area contributed by atoms with Gasteiger partial charge >= 0.3 is 5.97 Å². The molecule has 0 fully saturated rings. The molecule has 6 heteroatoms. The van der Waals surface area contributed by atoms with Gasteiger partial charge in [0.15, 0.2) is 0 Å². The van der Waals surface area contributed by atoms with Crippen LogP contribution in [0.1, 0.15) is 309 Å². The van der Waals surface area contributed by atoms with Crippen LogP contribution < -0.4 is 5.32 Å². The number of carbonyl (C=O) groups excluding carboxylic acids is 2. The maximum atomic E-state index is 12.5. The summed E-state index contributed by atoms with van der Waals surface area (Å²) in [5.41, 5.74) is 0. The fourth-order valence-corrected chi connectivity index (χ4v) is 8.79. The molecule has 0 saturated heterocycles. The van der Waals surface area contributed by atoms with Crippen LogP contribution in [0.25, 0.3) is 0 Å². The van der Waals surface area contributed by atoms with Crippen LogP contribution in [0.4, 0.5) is 0 Å². The van der Waals surface area contributed by atoms with Crippen molar-refractivity contribution in [2.24, 2.45) is 0 Å². The Morgan fingerprint density at radius 1 is 0.422 bits per heavy atom. The third kappa shape index (κ3) is 49.8. The average molecular weight is 903 g/mol. The van der Waals surface area contributed by atoms with Crippen LogP contribution in [-0.4, -0.2) is 47.4 Å². The van der Waals surface area contributed by atoms with Crippen LogP contribution in [0.3, 0.4) is 0 Å². The number of aliphatic hydroxyl groups excluding tert-OH is 2. The molecule has 0 aromatic carbocycles. The van der Waals surface area contributed by atoms with Crippen LogP contribution in [0, 0.1) is 0 Å². The van der Waals surface area contributed by atoms with E-state index in [1.54, 1.807) is 0 Å². The van der Waals surface area contributed by atoms with E-state index in [1.165, 1.54) is 218 Å². The summed E-state index contributed by atoms with van der Waals surface area (Å²) in [6.07, 6.45) is 64.5. The summed E-state index contributed by atoms with van der Waals surface area (Å²) >= 11 is 0. The fourth-order valence-electron chi connectivity index (χ4n) is 8.79. The van der Waals surface area contributed by atoms with E-state index in [9.17, 15) is 19.8 Å². The standard InChI is InChI=1S/C58H111NO5/c1-3-5-7-9-11-13-15-16-17-18-19-21-24-27-31-34-38-42-46-50-56(61)55(54-60)59-57(62)51-47-43-39-35-32-28-25-22-20-23-26-29-33-37-41-45-49-53-64-58(63)52-48-44-40-36-30-14-12-10-8-6-4-2/h10,12,20,23,55-56,60-61H,3-9,11,13-19,21-22,24-54H2,1-2H3,(H,59,62)/b12-10-,23-20-. The first-order valence-corrected chi connectivity index (χ1v) is 28.6. The van der Waals surface area contributed by atoms with Gasteiger partial charge in [-0.2, -0.15) is 0 Å². The molecule has 0 aliphatic heterocycles. The number of hydrogen-bond acceptors (Lipinski definition) is 5. The van der Waals surface area contributed by atoms with Gasteiger partial charge in [0.05, 0.1) is 25.4 Å². The molecule has 6 nitrogen and oxygen atoms in total. The van der Waals surface area contributed by atoms with Gasteiger partial charge in [0.1, 0.15) is 0 Å². The van der Waals surface area contributed by atoms with E-state index in [0.29, 0.717) is 25.9 Å². The number of rotatable bonds is 53. The quantitative estimate of drug-likeness (QED) is 0.0321. The molecule has 0 spiro atoms. The summed E-state index contributed by atoms with van der Waals surface area (Å²) in [5.74, 6) is -0.0577. The van der Waals surface area contributed by atoms with Crippen molar-refractivity contribution in [3.05, 3.63) is 24.3 Å². The Morgan fingerprint density at radius 3 is 1.16 bits per heavy atom. The molecule has 0 radical (unpaired) electrons. The molecule has 0 saturated carbocycles. The van der Waals surface area contributed by atoms with Gasteiger partial charge in [-0.15, -0.1) is 0 Å². The number of allylic oxidation sites excluding steroid dienone is 4. The van der Waals surface area contributed by atoms with Crippen molar-refractivity contribution in [2.45, 2.75) is 321 Å². The monoisotopic (exact) mass is 902 g/mol. The maximum absolute atomic E-state index is 12.5. The second kappa shape index (κ2) is 54.0. The largest absolute Gasteiger partial charge is 0.466 e. The lowest BCUT2D eigenvalue weighted by Crippen LogP contribution is -2.45. The SMILES string of the molecule is CCCC/C=C\CCCCCCCC(=O)OCCCCCCCC/C=C\CCCCCCCCCC(=O)NC(CO)C(O)CCCCCCCCCCCCCCCCCCCCC. The van der Waals surface area contributed by atoms with Crippen LogP contribution in [0.15, 0.2) is 24.3 Å². The zero-order valence-corrected chi connectivity index (χ0v) is 43.0. The lowest BCUT2D eigenvalue weighted by molar-refractivity contribution is -0.143. The first-order chi connectivity index (χ1) is 31.5. The lowest BCUT2D eigenvalue weighted by Gasteiger charge is -2.22. The highest BCUT2D eigenvalue weighted by Gasteiger charge is 2.20. The van der Waals surface area contributed by atoms with E-state index in [0.717, 1.165) is 57.8 Å². The van der Waals surface area contributed by atoms with Crippen molar-refractivity contribution in [1.29, 1.82) is 0 Å². The Labute approximate surface area is 399 Å². The molecular weight excluding hydrogens is 791 g/mol. The van der Waals surface area contributed by atoms with Crippen LogP contribution >= 0.6 is 0 Å². The molecule has 2 atom stereocenters. The predicted molar refractivity (Wildman–Crippen MR) is 278 cm³/mol. The second-order valence-corrected chi connectivity index (χ2v) is 19.6. The highest BCUT2D eigenvalue weighted by molar-refractivity contribution is 5.76. The minimum Gasteiger partial charge on any atom is -0.466 e. The van der Waals surface area contributed by atoms with E-state index in [4.69, 9.17) is 4.74 Å². The number of ether oxygens (including phenoxy) is 1. The van der Waals surface area contributed by atoms with Crippen LogP contribution in [0.2, 0.25) is 0 Å². The lowest BCUT2D eigenvalue weighted by atomic mass is 10.0. The molecule has 3 N–H and O–H groups in total. The van der Waals surface area contributed by atoms with Gasteiger partial charge in [0, 0.05) is 12.8 Å². The van der Waals surface area contributed by atoms with Crippen molar-refractivity contribution in [3.8, 4) is 0 Å². The Hall–Kier alpha value is -1.66. The Bertz CT molecular complexity index is 997. The molecule has 0 aliphatic rings. The summed E-state index contributed by atoms with van der Waals surface area (Å²) in [6, 6.07) is -0.551.